The second-order valence-electron chi connectivity index (χ2n) is 10.5. The molecule has 2 aromatic heterocycles. The highest BCUT2D eigenvalue weighted by atomic mass is 19.1. The van der Waals surface area contributed by atoms with Gasteiger partial charge in [0.05, 0.1) is 10.9 Å². The third-order valence-corrected chi connectivity index (χ3v) is 7.59. The third kappa shape index (κ3) is 4.73. The molecule has 0 radical (unpaired) electrons. The molecule has 2 heterocycles. The Labute approximate surface area is 234 Å². The van der Waals surface area contributed by atoms with Gasteiger partial charge in [-0.25, -0.2) is 18.7 Å². The van der Waals surface area contributed by atoms with Gasteiger partial charge < -0.3 is 15.5 Å². The minimum atomic E-state index is -0.838. The van der Waals surface area contributed by atoms with Gasteiger partial charge >= 0.3 is 0 Å². The molecule has 0 unspecified atom stereocenters. The van der Waals surface area contributed by atoms with Crippen molar-refractivity contribution in [2.24, 2.45) is 5.73 Å². The Balaban J connectivity index is 1.40. The zero-order valence-electron chi connectivity index (χ0n) is 22.4. The van der Waals surface area contributed by atoms with E-state index >= 15 is 4.39 Å². The van der Waals surface area contributed by atoms with Crippen molar-refractivity contribution < 1.29 is 22.8 Å². The second kappa shape index (κ2) is 9.92. The van der Waals surface area contributed by atoms with Crippen LogP contribution in [-0.2, 0) is 12.0 Å². The van der Waals surface area contributed by atoms with Gasteiger partial charge in [-0.1, -0.05) is 18.2 Å². The lowest BCUT2D eigenvalue weighted by molar-refractivity contribution is 0.0927. The van der Waals surface area contributed by atoms with Crippen molar-refractivity contribution in [1.82, 2.24) is 15.3 Å². The highest BCUT2D eigenvalue weighted by molar-refractivity contribution is 6.08. The van der Waals surface area contributed by atoms with Gasteiger partial charge in [-0.2, -0.15) is 0 Å². The summed E-state index contributed by atoms with van der Waals surface area (Å²) in [6.07, 6.45) is 4.86. The van der Waals surface area contributed by atoms with E-state index in [9.17, 15) is 14.0 Å². The quantitative estimate of drug-likeness (QED) is 0.261. The molecule has 0 bridgehead atoms. The lowest BCUT2D eigenvalue weighted by Gasteiger charge is -2.18. The zero-order valence-corrected chi connectivity index (χ0v) is 22.4. The molecule has 1 fully saturated rings. The molecule has 41 heavy (non-hydrogen) atoms. The lowest BCUT2D eigenvalue weighted by atomic mass is 9.92. The van der Waals surface area contributed by atoms with E-state index in [0.29, 0.717) is 22.5 Å². The summed E-state index contributed by atoms with van der Waals surface area (Å²) in [6.45, 7) is 3.66. The highest BCUT2D eigenvalue weighted by Crippen LogP contribution is 2.44. The Kier molecular flexibility index (Phi) is 6.37. The summed E-state index contributed by atoms with van der Waals surface area (Å²) >= 11 is 0. The van der Waals surface area contributed by atoms with Crippen molar-refractivity contribution in [3.8, 4) is 11.1 Å². The van der Waals surface area contributed by atoms with Crippen LogP contribution < -0.4 is 11.1 Å². The van der Waals surface area contributed by atoms with Crippen LogP contribution in [0.1, 0.15) is 61.8 Å². The molecule has 9 heteroatoms. The van der Waals surface area contributed by atoms with Gasteiger partial charge in [0.2, 0.25) is 0 Å². The van der Waals surface area contributed by atoms with Gasteiger partial charge in [0.15, 0.2) is 5.82 Å². The fourth-order valence-corrected chi connectivity index (χ4v) is 5.33. The standard InChI is InChI=1S/C32H26F2N4O3/c1-17-14-18(2)23(30(40)38-32(10-11-32)31-36-12-3-13-37-31)16-22(17)21-8-9-24-26(28(21)34)27(29(35)39)25(41-24)15-19-4-6-20(33)7-5-19/h3-9,12-14,16H,10-11,15H2,1-2H3,(H2,35,39)(H,38,40). The Bertz CT molecular complexity index is 1830. The average molecular weight is 553 g/mol. The van der Waals surface area contributed by atoms with E-state index in [4.69, 9.17) is 10.2 Å². The van der Waals surface area contributed by atoms with Crippen LogP contribution in [0.2, 0.25) is 0 Å². The number of furan rings is 1. The number of aromatic nitrogens is 2. The van der Waals surface area contributed by atoms with E-state index in [0.717, 1.165) is 24.0 Å². The van der Waals surface area contributed by atoms with Crippen molar-refractivity contribution in [3.63, 3.8) is 0 Å². The average Bonchev–Trinajstić information content (AvgIpc) is 3.63. The zero-order chi connectivity index (χ0) is 28.9. The Morgan fingerprint density at radius 2 is 1.68 bits per heavy atom. The maximum atomic E-state index is 16.3. The summed E-state index contributed by atoms with van der Waals surface area (Å²) in [5.74, 6) is -1.47. The van der Waals surface area contributed by atoms with Gasteiger partial charge in [-0.05, 0) is 85.3 Å². The summed E-state index contributed by atoms with van der Waals surface area (Å²) in [5, 5.41) is 3.05. The van der Waals surface area contributed by atoms with Crippen LogP contribution in [-0.4, -0.2) is 21.8 Å². The predicted octanol–water partition coefficient (Wildman–Crippen LogP) is 5.89. The molecular weight excluding hydrogens is 526 g/mol. The molecule has 0 saturated heterocycles. The summed E-state index contributed by atoms with van der Waals surface area (Å²) in [4.78, 5) is 34.6. The number of nitrogens with one attached hydrogen (secondary N) is 1. The van der Waals surface area contributed by atoms with Crippen LogP contribution in [0.25, 0.3) is 22.1 Å². The fraction of sp³-hybridized carbons (Fsp3) is 0.188. The number of benzene rings is 3. The monoisotopic (exact) mass is 552 g/mol. The van der Waals surface area contributed by atoms with E-state index in [1.165, 1.54) is 12.1 Å². The van der Waals surface area contributed by atoms with Gasteiger partial charge in [0, 0.05) is 29.9 Å². The minimum Gasteiger partial charge on any atom is -0.460 e. The van der Waals surface area contributed by atoms with Crippen LogP contribution in [0.3, 0.4) is 0 Å². The molecule has 206 valence electrons. The number of carbonyl (C=O) groups excluding carboxylic acids is 2. The Hall–Kier alpha value is -4.92. The number of carbonyl (C=O) groups is 2. The first-order valence-corrected chi connectivity index (χ1v) is 13.2. The maximum absolute atomic E-state index is 16.3. The molecule has 3 N–H and O–H groups in total. The van der Waals surface area contributed by atoms with E-state index in [1.807, 2.05) is 19.9 Å². The predicted molar refractivity (Wildman–Crippen MR) is 149 cm³/mol. The molecule has 1 aliphatic carbocycles. The maximum Gasteiger partial charge on any atom is 0.253 e. The molecule has 3 aromatic carbocycles. The molecule has 5 aromatic rings. The van der Waals surface area contributed by atoms with Crippen molar-refractivity contribution in [2.75, 3.05) is 0 Å². The van der Waals surface area contributed by atoms with E-state index < -0.39 is 23.1 Å². The largest absolute Gasteiger partial charge is 0.460 e. The molecule has 6 rings (SSSR count). The number of hydrogen-bond acceptors (Lipinski definition) is 5. The van der Waals surface area contributed by atoms with E-state index in [-0.39, 0.29) is 40.2 Å². The topological polar surface area (TPSA) is 111 Å². The molecule has 1 saturated carbocycles. The first-order valence-electron chi connectivity index (χ1n) is 13.2. The number of nitrogens with zero attached hydrogens (tertiary/aromatic N) is 2. The van der Waals surface area contributed by atoms with Gasteiger partial charge in [-0.3, -0.25) is 9.59 Å². The molecule has 2 amide bonds. The number of amides is 2. The van der Waals surface area contributed by atoms with Crippen molar-refractivity contribution in [3.05, 3.63) is 118 Å². The van der Waals surface area contributed by atoms with Gasteiger partial charge in [0.25, 0.3) is 11.8 Å². The lowest BCUT2D eigenvalue weighted by Crippen LogP contribution is -2.36. The number of hydrogen-bond donors (Lipinski definition) is 2. The smallest absolute Gasteiger partial charge is 0.253 e. The minimum absolute atomic E-state index is 0.0313. The molecule has 0 aliphatic heterocycles. The number of halogens is 2. The highest BCUT2D eigenvalue weighted by Gasteiger charge is 2.48. The summed E-state index contributed by atoms with van der Waals surface area (Å²) in [5.41, 5.74) is 8.43. The van der Waals surface area contributed by atoms with Gasteiger partial charge in [0.1, 0.15) is 28.5 Å². The fourth-order valence-electron chi connectivity index (χ4n) is 5.33. The SMILES string of the molecule is Cc1cc(C)c(-c2ccc3oc(Cc4ccc(F)cc4)c(C(N)=O)c3c2F)cc1C(=O)NC1(c2ncccn2)CC1. The molecule has 0 spiro atoms. The first kappa shape index (κ1) is 26.3. The normalized spacial score (nSPS) is 13.8. The Morgan fingerprint density at radius 3 is 2.34 bits per heavy atom. The van der Waals surface area contributed by atoms with Crippen LogP contribution in [0.4, 0.5) is 8.78 Å². The Morgan fingerprint density at radius 1 is 0.976 bits per heavy atom. The van der Waals surface area contributed by atoms with Crippen molar-refractivity contribution in [2.45, 2.75) is 38.6 Å². The molecule has 1 aliphatic rings. The number of fused-ring (bicyclic) bond motifs is 1. The van der Waals surface area contributed by atoms with Crippen molar-refractivity contribution >= 4 is 22.8 Å². The summed E-state index contributed by atoms with van der Waals surface area (Å²) in [6, 6.07) is 14.1. The number of rotatable bonds is 7. The first-order chi connectivity index (χ1) is 19.7. The van der Waals surface area contributed by atoms with Crippen LogP contribution in [0.5, 0.6) is 0 Å². The third-order valence-electron chi connectivity index (χ3n) is 7.59. The number of nitrogens with two attached hydrogens (primary N) is 1. The number of primary amides is 1. The molecule has 7 nitrogen and oxygen atoms in total. The second-order valence-corrected chi connectivity index (χ2v) is 10.5. The summed E-state index contributed by atoms with van der Waals surface area (Å²) in [7, 11) is 0. The van der Waals surface area contributed by atoms with E-state index in [2.05, 4.69) is 15.3 Å². The molecule has 0 atom stereocenters. The van der Waals surface area contributed by atoms with Crippen LogP contribution >= 0.6 is 0 Å². The summed E-state index contributed by atoms with van der Waals surface area (Å²) < 4.78 is 35.5. The van der Waals surface area contributed by atoms with Gasteiger partial charge in [-0.15, -0.1) is 0 Å². The van der Waals surface area contributed by atoms with E-state index in [1.54, 1.807) is 48.8 Å². The van der Waals surface area contributed by atoms with Crippen molar-refractivity contribution in [1.29, 1.82) is 0 Å². The molecular formula is C32H26F2N4O3. The van der Waals surface area contributed by atoms with Crippen LogP contribution in [0, 0.1) is 25.5 Å². The number of aryl methyl sites for hydroxylation is 2. The van der Waals surface area contributed by atoms with Crippen LogP contribution in [0.15, 0.2) is 71.4 Å².